The van der Waals surface area contributed by atoms with E-state index in [4.69, 9.17) is 9.47 Å². The molecule has 0 atom stereocenters. The molecule has 0 saturated heterocycles. The van der Waals surface area contributed by atoms with Crippen molar-refractivity contribution in [2.24, 2.45) is 0 Å². The van der Waals surface area contributed by atoms with Crippen molar-refractivity contribution in [1.82, 2.24) is 4.90 Å². The van der Waals surface area contributed by atoms with E-state index in [1.54, 1.807) is 36.5 Å². The average molecular weight is 337 g/mol. The summed E-state index contributed by atoms with van der Waals surface area (Å²) in [6, 6.07) is 11.2. The van der Waals surface area contributed by atoms with Crippen LogP contribution in [0.3, 0.4) is 0 Å². The van der Waals surface area contributed by atoms with Crippen LogP contribution in [0.15, 0.2) is 30.3 Å². The van der Waals surface area contributed by atoms with Crippen molar-refractivity contribution < 1.29 is 9.47 Å². The molecule has 0 saturated carbocycles. The van der Waals surface area contributed by atoms with Crippen molar-refractivity contribution in [1.29, 1.82) is 0 Å². The summed E-state index contributed by atoms with van der Waals surface area (Å²) in [5.41, 5.74) is 7.65. The predicted octanol–water partition coefficient (Wildman–Crippen LogP) is 3.79. The number of hydrogen-bond acceptors (Lipinski definition) is 3. The second kappa shape index (κ2) is 7.09. The maximum Gasteiger partial charge on any atom is 0.160 e. The average Bonchev–Trinajstić information content (AvgIpc) is 3.11. The summed E-state index contributed by atoms with van der Waals surface area (Å²) in [6.07, 6.45) is 6.12. The first-order valence-electron chi connectivity index (χ1n) is 9.33. The zero-order chi connectivity index (χ0) is 17.2. The molecule has 1 aliphatic heterocycles. The van der Waals surface area contributed by atoms with E-state index in [9.17, 15) is 0 Å². The van der Waals surface area contributed by atoms with Gasteiger partial charge in [-0.1, -0.05) is 18.2 Å². The summed E-state index contributed by atoms with van der Waals surface area (Å²) in [7, 11) is 3.38. The standard InChI is InChI=1S/C22H27NO2/c1-24-21-7-6-16(12-22(21)25-2)8-10-23-11-9-19-13-17-4-3-5-18(17)14-20(19)15-23/h6-7,12-14H,3-5,8-11,15H2,1-2H3. The van der Waals surface area contributed by atoms with Gasteiger partial charge in [0.25, 0.3) is 0 Å². The van der Waals surface area contributed by atoms with Crippen LogP contribution in [0.5, 0.6) is 11.5 Å². The Hall–Kier alpha value is -2.00. The van der Waals surface area contributed by atoms with Crippen molar-refractivity contribution in [3.05, 3.63) is 58.1 Å². The Morgan fingerprint density at radius 1 is 0.840 bits per heavy atom. The van der Waals surface area contributed by atoms with Crippen LogP contribution in [0.1, 0.15) is 34.2 Å². The minimum atomic E-state index is 0.798. The molecule has 0 N–H and O–H groups in total. The van der Waals surface area contributed by atoms with Gasteiger partial charge in [0.2, 0.25) is 0 Å². The Morgan fingerprint density at radius 3 is 2.32 bits per heavy atom. The Balaban J connectivity index is 1.41. The summed E-state index contributed by atoms with van der Waals surface area (Å²) in [6.45, 7) is 3.35. The van der Waals surface area contributed by atoms with Crippen LogP contribution >= 0.6 is 0 Å². The summed E-state index contributed by atoms with van der Waals surface area (Å²) in [4.78, 5) is 2.58. The van der Waals surface area contributed by atoms with Gasteiger partial charge in [0, 0.05) is 19.6 Å². The Morgan fingerprint density at radius 2 is 1.56 bits per heavy atom. The van der Waals surface area contributed by atoms with Crippen molar-refractivity contribution in [3.8, 4) is 11.5 Å². The fourth-order valence-electron chi connectivity index (χ4n) is 4.22. The number of rotatable bonds is 5. The number of nitrogens with zero attached hydrogens (tertiary/aromatic N) is 1. The lowest BCUT2D eigenvalue weighted by Gasteiger charge is -2.29. The summed E-state index contributed by atoms with van der Waals surface area (Å²) >= 11 is 0. The number of hydrogen-bond donors (Lipinski definition) is 0. The fraction of sp³-hybridized carbons (Fsp3) is 0.455. The topological polar surface area (TPSA) is 21.7 Å². The molecule has 4 rings (SSSR count). The number of methoxy groups -OCH3 is 2. The molecular formula is C22H27NO2. The molecule has 0 fully saturated rings. The number of aryl methyl sites for hydroxylation is 2. The second-order valence-electron chi connectivity index (χ2n) is 7.21. The molecule has 3 nitrogen and oxygen atoms in total. The third-order valence-electron chi connectivity index (χ3n) is 5.67. The fourth-order valence-corrected chi connectivity index (χ4v) is 4.22. The van der Waals surface area contributed by atoms with Gasteiger partial charge in [0.1, 0.15) is 0 Å². The summed E-state index contributed by atoms with van der Waals surface area (Å²) in [5.74, 6) is 1.62. The van der Waals surface area contributed by atoms with E-state index in [2.05, 4.69) is 29.2 Å². The SMILES string of the molecule is COc1ccc(CCN2CCc3cc4c(cc3C2)CCC4)cc1OC. The van der Waals surface area contributed by atoms with Crippen molar-refractivity contribution in [2.45, 2.75) is 38.6 Å². The molecule has 0 bridgehead atoms. The Bertz CT molecular complexity index is 769. The van der Waals surface area contributed by atoms with Gasteiger partial charge in [-0.2, -0.15) is 0 Å². The molecule has 2 aromatic rings. The molecular weight excluding hydrogens is 310 g/mol. The summed E-state index contributed by atoms with van der Waals surface area (Å²) < 4.78 is 10.7. The van der Waals surface area contributed by atoms with E-state index in [-0.39, 0.29) is 0 Å². The van der Waals surface area contributed by atoms with Gasteiger partial charge >= 0.3 is 0 Å². The van der Waals surface area contributed by atoms with Gasteiger partial charge in [0.05, 0.1) is 14.2 Å². The molecule has 2 aliphatic rings. The minimum Gasteiger partial charge on any atom is -0.493 e. The molecule has 1 aliphatic carbocycles. The van der Waals surface area contributed by atoms with Crippen LogP contribution < -0.4 is 9.47 Å². The first-order chi connectivity index (χ1) is 12.3. The van der Waals surface area contributed by atoms with Gasteiger partial charge in [-0.15, -0.1) is 0 Å². The molecule has 25 heavy (non-hydrogen) atoms. The van der Waals surface area contributed by atoms with Gasteiger partial charge in [0.15, 0.2) is 11.5 Å². The van der Waals surface area contributed by atoms with Crippen LogP contribution in [0.25, 0.3) is 0 Å². The lowest BCUT2D eigenvalue weighted by atomic mass is 9.94. The quantitative estimate of drug-likeness (QED) is 0.828. The van der Waals surface area contributed by atoms with Crippen molar-refractivity contribution >= 4 is 0 Å². The number of benzene rings is 2. The molecule has 0 unspecified atom stereocenters. The first kappa shape index (κ1) is 16.5. The maximum absolute atomic E-state index is 5.42. The zero-order valence-electron chi connectivity index (χ0n) is 15.3. The zero-order valence-corrected chi connectivity index (χ0v) is 15.3. The lowest BCUT2D eigenvalue weighted by Crippen LogP contribution is -2.32. The second-order valence-corrected chi connectivity index (χ2v) is 7.21. The van der Waals surface area contributed by atoms with Crippen molar-refractivity contribution in [2.75, 3.05) is 27.3 Å². The molecule has 0 radical (unpaired) electrons. The van der Waals surface area contributed by atoms with E-state index < -0.39 is 0 Å². The smallest absolute Gasteiger partial charge is 0.160 e. The van der Waals surface area contributed by atoms with Crippen LogP contribution in [-0.2, 0) is 32.2 Å². The highest BCUT2D eigenvalue weighted by Crippen LogP contribution is 2.30. The number of ether oxygens (including phenoxy) is 2. The van der Waals surface area contributed by atoms with E-state index in [0.29, 0.717) is 0 Å². The van der Waals surface area contributed by atoms with Gasteiger partial charge < -0.3 is 9.47 Å². The van der Waals surface area contributed by atoms with E-state index >= 15 is 0 Å². The van der Waals surface area contributed by atoms with E-state index in [1.807, 2.05) is 6.07 Å². The third-order valence-corrected chi connectivity index (χ3v) is 5.67. The maximum atomic E-state index is 5.42. The first-order valence-corrected chi connectivity index (χ1v) is 9.33. The Kier molecular flexibility index (Phi) is 4.67. The van der Waals surface area contributed by atoms with E-state index in [1.165, 1.54) is 37.8 Å². The van der Waals surface area contributed by atoms with Crippen LogP contribution in [0.2, 0.25) is 0 Å². The molecule has 0 aromatic heterocycles. The monoisotopic (exact) mass is 337 g/mol. The summed E-state index contributed by atoms with van der Waals surface area (Å²) in [5, 5.41) is 0. The molecule has 1 heterocycles. The largest absolute Gasteiger partial charge is 0.493 e. The minimum absolute atomic E-state index is 0.798. The highest BCUT2D eigenvalue weighted by Gasteiger charge is 2.20. The highest BCUT2D eigenvalue weighted by atomic mass is 16.5. The van der Waals surface area contributed by atoms with Gasteiger partial charge in [-0.05, 0) is 72.1 Å². The Labute approximate surface area is 150 Å². The third kappa shape index (κ3) is 3.38. The molecule has 132 valence electrons. The molecule has 0 amide bonds. The normalized spacial score (nSPS) is 16.4. The predicted molar refractivity (Wildman–Crippen MR) is 101 cm³/mol. The highest BCUT2D eigenvalue weighted by molar-refractivity contribution is 5.43. The number of fused-ring (bicyclic) bond motifs is 2. The lowest BCUT2D eigenvalue weighted by molar-refractivity contribution is 0.257. The van der Waals surface area contributed by atoms with Crippen LogP contribution in [0.4, 0.5) is 0 Å². The van der Waals surface area contributed by atoms with Gasteiger partial charge in [-0.3, -0.25) is 4.90 Å². The molecule has 3 heteroatoms. The van der Waals surface area contributed by atoms with Crippen molar-refractivity contribution in [3.63, 3.8) is 0 Å². The van der Waals surface area contributed by atoms with Crippen LogP contribution in [-0.4, -0.2) is 32.2 Å². The molecule has 2 aromatic carbocycles. The van der Waals surface area contributed by atoms with Crippen LogP contribution in [0, 0.1) is 0 Å². The van der Waals surface area contributed by atoms with Gasteiger partial charge in [-0.25, -0.2) is 0 Å². The molecule has 0 spiro atoms. The van der Waals surface area contributed by atoms with E-state index in [0.717, 1.165) is 31.0 Å².